The normalized spacial score (nSPS) is 12.8. The van der Waals surface area contributed by atoms with Gasteiger partial charge in [-0.3, -0.25) is 0 Å². The van der Waals surface area contributed by atoms with Gasteiger partial charge in [-0.15, -0.1) is 0 Å². The van der Waals surface area contributed by atoms with Crippen LogP contribution < -0.4 is 0 Å². The highest BCUT2D eigenvalue weighted by molar-refractivity contribution is 5.85. The highest BCUT2D eigenvalue weighted by atomic mass is 19.4. The Balaban J connectivity index is 2.35. The Labute approximate surface area is 167 Å². The maximum atomic E-state index is 13.8. The van der Waals surface area contributed by atoms with Gasteiger partial charge in [-0.05, 0) is 52.9 Å². The second-order valence-electron chi connectivity index (χ2n) is 6.79. The molecule has 30 heavy (non-hydrogen) atoms. The van der Waals surface area contributed by atoms with E-state index in [-0.39, 0.29) is 11.1 Å². The Hall–Kier alpha value is -2.87. The van der Waals surface area contributed by atoms with Gasteiger partial charge in [-0.1, -0.05) is 48.5 Å². The van der Waals surface area contributed by atoms with Gasteiger partial charge in [0.15, 0.2) is 0 Å². The average Bonchev–Trinajstić information content (AvgIpc) is 2.68. The summed E-state index contributed by atoms with van der Waals surface area (Å²) in [6.45, 7) is 1.64. The fourth-order valence-corrected chi connectivity index (χ4v) is 3.23. The standard InChI is InChI=1S/C22H15F7O/c1-13-7-9-16(23)12-18(13)17-10-8-15(11-19(17)14-5-3-2-4-6-14)20(30,21(24,25)26)22(27,28)29/h2-12,30H,1H3. The lowest BCUT2D eigenvalue weighted by atomic mass is 9.85. The van der Waals surface area contributed by atoms with Crippen molar-refractivity contribution >= 4 is 0 Å². The summed E-state index contributed by atoms with van der Waals surface area (Å²) in [4.78, 5) is 0. The molecule has 3 aromatic carbocycles. The van der Waals surface area contributed by atoms with Gasteiger partial charge in [-0.2, -0.15) is 26.3 Å². The summed E-state index contributed by atoms with van der Waals surface area (Å²) in [6, 6.07) is 13.8. The van der Waals surface area contributed by atoms with Gasteiger partial charge < -0.3 is 5.11 Å². The quantitative estimate of drug-likeness (QED) is 0.456. The van der Waals surface area contributed by atoms with Crippen molar-refractivity contribution in [3.63, 3.8) is 0 Å². The van der Waals surface area contributed by atoms with Gasteiger partial charge in [0.05, 0.1) is 0 Å². The number of rotatable bonds is 3. The molecule has 0 atom stereocenters. The molecule has 0 saturated heterocycles. The minimum absolute atomic E-state index is 0.00581. The van der Waals surface area contributed by atoms with E-state index in [4.69, 9.17) is 0 Å². The fraction of sp³-hybridized carbons (Fsp3) is 0.182. The van der Waals surface area contributed by atoms with E-state index in [1.807, 2.05) is 0 Å². The Morgan fingerprint density at radius 1 is 0.667 bits per heavy atom. The fourth-order valence-electron chi connectivity index (χ4n) is 3.23. The lowest BCUT2D eigenvalue weighted by molar-refractivity contribution is -0.376. The number of alkyl halides is 6. The first-order chi connectivity index (χ1) is 13.9. The molecule has 1 nitrogen and oxygen atoms in total. The van der Waals surface area contributed by atoms with E-state index in [9.17, 15) is 35.8 Å². The number of halogens is 7. The Bertz CT molecular complexity index is 1040. The van der Waals surface area contributed by atoms with Crippen LogP contribution in [-0.2, 0) is 5.60 Å². The van der Waals surface area contributed by atoms with Crippen LogP contribution in [0.4, 0.5) is 30.7 Å². The Kier molecular flexibility index (Phi) is 5.41. The Morgan fingerprint density at radius 2 is 1.27 bits per heavy atom. The largest absolute Gasteiger partial charge is 0.430 e. The summed E-state index contributed by atoms with van der Waals surface area (Å²) in [5.74, 6) is -0.610. The first-order valence-electron chi connectivity index (χ1n) is 8.68. The molecular formula is C22H15F7O. The summed E-state index contributed by atoms with van der Waals surface area (Å²) < 4.78 is 93.9. The van der Waals surface area contributed by atoms with Crippen molar-refractivity contribution in [1.29, 1.82) is 0 Å². The average molecular weight is 428 g/mol. The molecule has 8 heteroatoms. The maximum Gasteiger partial charge on any atom is 0.430 e. The molecule has 0 unspecified atom stereocenters. The molecule has 3 rings (SSSR count). The molecule has 0 aliphatic carbocycles. The van der Waals surface area contributed by atoms with Gasteiger partial charge in [0, 0.05) is 5.56 Å². The van der Waals surface area contributed by atoms with Crippen molar-refractivity contribution in [2.24, 2.45) is 0 Å². The van der Waals surface area contributed by atoms with Crippen LogP contribution in [0, 0.1) is 12.7 Å². The zero-order valence-electron chi connectivity index (χ0n) is 15.4. The third-order valence-electron chi connectivity index (χ3n) is 4.83. The highest BCUT2D eigenvalue weighted by Crippen LogP contribution is 2.51. The van der Waals surface area contributed by atoms with Crippen molar-refractivity contribution in [1.82, 2.24) is 0 Å². The summed E-state index contributed by atoms with van der Waals surface area (Å²) in [5.41, 5.74) is -5.02. The molecule has 0 bridgehead atoms. The molecule has 0 spiro atoms. The van der Waals surface area contributed by atoms with E-state index in [0.717, 1.165) is 12.1 Å². The van der Waals surface area contributed by atoms with Crippen LogP contribution in [0.5, 0.6) is 0 Å². The third-order valence-corrected chi connectivity index (χ3v) is 4.83. The zero-order valence-corrected chi connectivity index (χ0v) is 15.4. The van der Waals surface area contributed by atoms with Crippen molar-refractivity contribution in [3.05, 3.63) is 83.7 Å². The predicted molar refractivity (Wildman–Crippen MR) is 98.0 cm³/mol. The molecule has 0 fully saturated rings. The number of aliphatic hydroxyl groups is 1. The molecule has 0 saturated carbocycles. The summed E-state index contributed by atoms with van der Waals surface area (Å²) in [6.07, 6.45) is -12.0. The van der Waals surface area contributed by atoms with Gasteiger partial charge >= 0.3 is 12.4 Å². The van der Waals surface area contributed by atoms with Crippen LogP contribution in [0.1, 0.15) is 11.1 Å². The Morgan fingerprint density at radius 3 is 1.83 bits per heavy atom. The molecule has 0 amide bonds. The van der Waals surface area contributed by atoms with E-state index in [1.54, 1.807) is 25.1 Å². The van der Waals surface area contributed by atoms with Crippen LogP contribution in [0.15, 0.2) is 66.7 Å². The van der Waals surface area contributed by atoms with Gasteiger partial charge in [0.1, 0.15) is 5.82 Å². The first kappa shape index (κ1) is 21.8. The smallest absolute Gasteiger partial charge is 0.369 e. The van der Waals surface area contributed by atoms with E-state index >= 15 is 0 Å². The first-order valence-corrected chi connectivity index (χ1v) is 8.68. The van der Waals surface area contributed by atoms with E-state index in [0.29, 0.717) is 28.8 Å². The maximum absolute atomic E-state index is 13.8. The van der Waals surface area contributed by atoms with E-state index < -0.39 is 29.3 Å². The van der Waals surface area contributed by atoms with Gasteiger partial charge in [-0.25, -0.2) is 4.39 Å². The molecule has 3 aromatic rings. The number of hydrogen-bond acceptors (Lipinski definition) is 1. The molecule has 1 N–H and O–H groups in total. The molecule has 0 radical (unpaired) electrons. The van der Waals surface area contributed by atoms with Crippen molar-refractivity contribution < 1.29 is 35.8 Å². The molecule has 0 aromatic heterocycles. The summed E-state index contributed by atoms with van der Waals surface area (Å²) >= 11 is 0. The van der Waals surface area contributed by atoms with Crippen LogP contribution in [0.2, 0.25) is 0 Å². The number of benzene rings is 3. The van der Waals surface area contributed by atoms with Crippen molar-refractivity contribution in [2.75, 3.05) is 0 Å². The highest BCUT2D eigenvalue weighted by Gasteiger charge is 2.71. The lowest BCUT2D eigenvalue weighted by Gasteiger charge is -2.33. The second kappa shape index (κ2) is 7.43. The monoisotopic (exact) mass is 428 g/mol. The number of aryl methyl sites for hydroxylation is 1. The van der Waals surface area contributed by atoms with Crippen LogP contribution in [0.25, 0.3) is 22.3 Å². The van der Waals surface area contributed by atoms with Crippen molar-refractivity contribution in [2.45, 2.75) is 24.9 Å². The van der Waals surface area contributed by atoms with Gasteiger partial charge in [0.25, 0.3) is 5.60 Å². The minimum atomic E-state index is -6.00. The van der Waals surface area contributed by atoms with Gasteiger partial charge in [0.2, 0.25) is 0 Å². The predicted octanol–water partition coefficient (Wildman–Crippen LogP) is 6.78. The summed E-state index contributed by atoms with van der Waals surface area (Å²) in [5, 5.41) is 9.78. The topological polar surface area (TPSA) is 20.2 Å². The van der Waals surface area contributed by atoms with Crippen LogP contribution in [0.3, 0.4) is 0 Å². The van der Waals surface area contributed by atoms with Crippen LogP contribution in [-0.4, -0.2) is 17.5 Å². The molecule has 0 heterocycles. The SMILES string of the molecule is Cc1ccc(F)cc1-c1ccc(C(O)(C(F)(F)F)C(F)(F)F)cc1-c1ccccc1. The minimum Gasteiger partial charge on any atom is -0.369 e. The molecule has 0 aliphatic heterocycles. The molecule has 158 valence electrons. The second-order valence-corrected chi connectivity index (χ2v) is 6.79. The van der Waals surface area contributed by atoms with Crippen molar-refractivity contribution in [3.8, 4) is 22.3 Å². The lowest BCUT2D eigenvalue weighted by Crippen LogP contribution is -2.53. The molecular weight excluding hydrogens is 413 g/mol. The van der Waals surface area contributed by atoms with E-state index in [1.165, 1.54) is 24.3 Å². The zero-order chi connectivity index (χ0) is 22.3. The molecule has 0 aliphatic rings. The third kappa shape index (κ3) is 3.67. The van der Waals surface area contributed by atoms with E-state index in [2.05, 4.69) is 0 Å². The number of hydrogen-bond donors (Lipinski definition) is 1. The summed E-state index contributed by atoms with van der Waals surface area (Å²) in [7, 11) is 0. The van der Waals surface area contributed by atoms with Crippen LogP contribution >= 0.6 is 0 Å².